The highest BCUT2D eigenvalue weighted by Gasteiger charge is 2.16. The summed E-state index contributed by atoms with van der Waals surface area (Å²) < 4.78 is 10.6. The number of ether oxygens (including phenoxy) is 2. The van der Waals surface area contributed by atoms with Crippen LogP contribution in [0.15, 0.2) is 12.2 Å². The fourth-order valence-corrected chi connectivity index (χ4v) is 6.49. The predicted octanol–water partition coefficient (Wildman–Crippen LogP) is 13.7. The van der Waals surface area contributed by atoms with Crippen molar-refractivity contribution in [3.05, 3.63) is 12.2 Å². The van der Waals surface area contributed by atoms with Crippen molar-refractivity contribution < 1.29 is 24.2 Å². The lowest BCUT2D eigenvalue weighted by atomic mass is 10.0. The molecule has 0 aromatic heterocycles. The normalized spacial score (nSPS) is 12.1. The van der Waals surface area contributed by atoms with E-state index >= 15 is 0 Å². The van der Waals surface area contributed by atoms with Gasteiger partial charge in [0.05, 0.1) is 6.61 Å². The Labute approximate surface area is 305 Å². The smallest absolute Gasteiger partial charge is 0.306 e. The Balaban J connectivity index is 3.49. The molecule has 1 N–H and O–H groups in total. The van der Waals surface area contributed by atoms with Gasteiger partial charge in [-0.05, 0) is 38.5 Å². The molecule has 49 heavy (non-hydrogen) atoms. The zero-order valence-electron chi connectivity index (χ0n) is 33.0. The maximum Gasteiger partial charge on any atom is 0.306 e. The van der Waals surface area contributed by atoms with Gasteiger partial charge in [0.2, 0.25) is 0 Å². The number of aliphatic hydroxyl groups is 1. The molecule has 0 saturated heterocycles. The minimum absolute atomic E-state index is 0.0602. The Morgan fingerprint density at radius 1 is 0.449 bits per heavy atom. The molecule has 0 bridgehead atoms. The average molecular weight is 693 g/mol. The number of esters is 2. The summed E-state index contributed by atoms with van der Waals surface area (Å²) in [7, 11) is 0. The quantitative estimate of drug-likeness (QED) is 0.0393. The van der Waals surface area contributed by atoms with E-state index in [1.54, 1.807) is 0 Å². The summed E-state index contributed by atoms with van der Waals surface area (Å²) in [6, 6.07) is 0. The zero-order valence-corrected chi connectivity index (χ0v) is 33.0. The Kier molecular flexibility index (Phi) is 39.9. The van der Waals surface area contributed by atoms with Gasteiger partial charge in [0.25, 0.3) is 0 Å². The summed E-state index contributed by atoms with van der Waals surface area (Å²) in [5, 5.41) is 9.57. The third-order valence-electron chi connectivity index (χ3n) is 9.81. The van der Waals surface area contributed by atoms with Crippen LogP contribution in [-0.4, -0.2) is 36.4 Å². The summed E-state index contributed by atoms with van der Waals surface area (Å²) in [5.41, 5.74) is 0. The van der Waals surface area contributed by atoms with Crippen LogP contribution in [0.5, 0.6) is 0 Å². The van der Waals surface area contributed by atoms with E-state index in [1.165, 1.54) is 180 Å². The van der Waals surface area contributed by atoms with Crippen LogP contribution in [0.4, 0.5) is 0 Å². The molecule has 0 saturated carbocycles. The Bertz CT molecular complexity index is 705. The van der Waals surface area contributed by atoms with Crippen molar-refractivity contribution in [2.24, 2.45) is 0 Å². The first-order valence-corrected chi connectivity index (χ1v) is 21.7. The molecule has 0 aliphatic carbocycles. The van der Waals surface area contributed by atoms with Crippen LogP contribution in [0.1, 0.15) is 239 Å². The summed E-state index contributed by atoms with van der Waals surface area (Å²) in [6.07, 6.45) is 47.1. The predicted molar refractivity (Wildman–Crippen MR) is 210 cm³/mol. The SMILES string of the molecule is CCCCCCCCCC/C=C\CCCCCCCCCCCC(=O)OC(CO)COC(=O)CCCCCCCCCCCCCCCC. The van der Waals surface area contributed by atoms with E-state index < -0.39 is 6.10 Å². The fourth-order valence-electron chi connectivity index (χ4n) is 6.49. The van der Waals surface area contributed by atoms with Crippen LogP contribution in [-0.2, 0) is 19.1 Å². The van der Waals surface area contributed by atoms with Crippen molar-refractivity contribution in [2.45, 2.75) is 245 Å². The van der Waals surface area contributed by atoms with Crippen LogP contribution >= 0.6 is 0 Å². The van der Waals surface area contributed by atoms with Crippen molar-refractivity contribution in [1.29, 1.82) is 0 Å². The van der Waals surface area contributed by atoms with Crippen LogP contribution in [0.3, 0.4) is 0 Å². The highest BCUT2D eigenvalue weighted by Crippen LogP contribution is 2.15. The standard InChI is InChI=1S/C44H84O5/c1-3-5-7-9-11-13-15-17-19-20-21-22-23-24-25-27-29-31-33-35-37-39-44(47)49-42(40-45)41-48-43(46)38-36-34-32-30-28-26-18-16-14-12-10-8-6-4-2/h20-21,42,45H,3-19,22-41H2,1-2H3/b21-20-. The monoisotopic (exact) mass is 693 g/mol. The molecule has 0 aromatic carbocycles. The van der Waals surface area contributed by atoms with Crippen LogP contribution < -0.4 is 0 Å². The molecule has 0 aliphatic heterocycles. The first-order valence-electron chi connectivity index (χ1n) is 21.7. The van der Waals surface area contributed by atoms with Gasteiger partial charge in [-0.1, -0.05) is 199 Å². The second-order valence-corrected chi connectivity index (χ2v) is 14.8. The Morgan fingerprint density at radius 2 is 0.755 bits per heavy atom. The lowest BCUT2D eigenvalue weighted by molar-refractivity contribution is -0.161. The molecule has 1 unspecified atom stereocenters. The molecule has 0 radical (unpaired) electrons. The molecule has 0 aromatic rings. The number of aliphatic hydroxyl groups excluding tert-OH is 1. The number of allylic oxidation sites excluding steroid dienone is 2. The average Bonchev–Trinajstić information content (AvgIpc) is 3.10. The van der Waals surface area contributed by atoms with Crippen LogP contribution in [0, 0.1) is 0 Å². The molecule has 0 rings (SSSR count). The maximum absolute atomic E-state index is 12.2. The number of hydrogen-bond donors (Lipinski definition) is 1. The molecule has 5 heteroatoms. The molecular weight excluding hydrogens is 608 g/mol. The largest absolute Gasteiger partial charge is 0.462 e. The number of carbonyl (C=O) groups is 2. The molecule has 5 nitrogen and oxygen atoms in total. The zero-order chi connectivity index (χ0) is 35.7. The van der Waals surface area contributed by atoms with Gasteiger partial charge in [-0.2, -0.15) is 0 Å². The van der Waals surface area contributed by atoms with Gasteiger partial charge in [-0.25, -0.2) is 0 Å². The van der Waals surface area contributed by atoms with Crippen molar-refractivity contribution in [2.75, 3.05) is 13.2 Å². The lowest BCUT2D eigenvalue weighted by Gasteiger charge is -2.15. The third kappa shape index (κ3) is 39.3. The number of rotatable bonds is 40. The van der Waals surface area contributed by atoms with Gasteiger partial charge in [-0.15, -0.1) is 0 Å². The van der Waals surface area contributed by atoms with E-state index in [1.807, 2.05) is 0 Å². The van der Waals surface area contributed by atoms with E-state index in [0.29, 0.717) is 12.8 Å². The van der Waals surface area contributed by atoms with Crippen molar-refractivity contribution in [3.63, 3.8) is 0 Å². The molecule has 0 aliphatic rings. The van der Waals surface area contributed by atoms with Gasteiger partial charge in [0.15, 0.2) is 6.10 Å². The molecule has 0 heterocycles. The van der Waals surface area contributed by atoms with E-state index in [2.05, 4.69) is 26.0 Å². The topological polar surface area (TPSA) is 72.8 Å². The highest BCUT2D eigenvalue weighted by atomic mass is 16.6. The van der Waals surface area contributed by atoms with Gasteiger partial charge in [0, 0.05) is 12.8 Å². The first kappa shape index (κ1) is 47.6. The van der Waals surface area contributed by atoms with E-state index in [0.717, 1.165) is 32.1 Å². The van der Waals surface area contributed by atoms with Crippen molar-refractivity contribution in [1.82, 2.24) is 0 Å². The van der Waals surface area contributed by atoms with Gasteiger partial charge < -0.3 is 14.6 Å². The summed E-state index contributed by atoms with van der Waals surface area (Å²) in [5.74, 6) is -0.580. The third-order valence-corrected chi connectivity index (χ3v) is 9.81. The molecular formula is C44H84O5. The fraction of sp³-hybridized carbons (Fsp3) is 0.909. The van der Waals surface area contributed by atoms with Gasteiger partial charge in [-0.3, -0.25) is 9.59 Å². The minimum atomic E-state index is -0.766. The molecule has 0 fully saturated rings. The van der Waals surface area contributed by atoms with E-state index in [9.17, 15) is 14.7 Å². The lowest BCUT2D eigenvalue weighted by Crippen LogP contribution is -2.28. The molecule has 1 atom stereocenters. The van der Waals surface area contributed by atoms with Crippen LogP contribution in [0.2, 0.25) is 0 Å². The number of unbranched alkanes of at least 4 members (excludes halogenated alkanes) is 30. The first-order chi connectivity index (χ1) is 24.1. The number of carbonyl (C=O) groups excluding carboxylic acids is 2. The molecule has 290 valence electrons. The van der Waals surface area contributed by atoms with Crippen molar-refractivity contribution >= 4 is 11.9 Å². The minimum Gasteiger partial charge on any atom is -0.462 e. The van der Waals surface area contributed by atoms with Crippen molar-refractivity contribution in [3.8, 4) is 0 Å². The van der Waals surface area contributed by atoms with E-state index in [4.69, 9.17) is 9.47 Å². The van der Waals surface area contributed by atoms with Gasteiger partial charge in [0.1, 0.15) is 6.61 Å². The Hall–Kier alpha value is -1.36. The summed E-state index contributed by atoms with van der Waals surface area (Å²) in [4.78, 5) is 24.3. The Morgan fingerprint density at radius 3 is 1.10 bits per heavy atom. The second kappa shape index (κ2) is 41.1. The van der Waals surface area contributed by atoms with E-state index in [-0.39, 0.29) is 25.2 Å². The van der Waals surface area contributed by atoms with Gasteiger partial charge >= 0.3 is 11.9 Å². The summed E-state index contributed by atoms with van der Waals surface area (Å²) >= 11 is 0. The summed E-state index contributed by atoms with van der Waals surface area (Å²) in [6.45, 7) is 4.16. The maximum atomic E-state index is 12.2. The molecule has 0 spiro atoms. The highest BCUT2D eigenvalue weighted by molar-refractivity contribution is 5.70. The molecule has 0 amide bonds. The number of hydrogen-bond acceptors (Lipinski definition) is 5. The second-order valence-electron chi connectivity index (χ2n) is 14.8. The van der Waals surface area contributed by atoms with Crippen LogP contribution in [0.25, 0.3) is 0 Å².